The average molecular weight is 212 g/mol. The molecule has 8 heteroatoms. The zero-order chi connectivity index (χ0) is 11.5. The van der Waals surface area contributed by atoms with E-state index in [2.05, 4.69) is 20.4 Å². The van der Waals surface area contributed by atoms with Gasteiger partial charge in [-0.2, -0.15) is 10.2 Å². The van der Waals surface area contributed by atoms with Gasteiger partial charge in [0.2, 0.25) is 11.9 Å². The summed E-state index contributed by atoms with van der Waals surface area (Å²) in [6.45, 7) is 0. The van der Waals surface area contributed by atoms with Gasteiger partial charge in [0, 0.05) is 12.4 Å². The summed E-state index contributed by atoms with van der Waals surface area (Å²) in [5.74, 6) is -0.110. The third kappa shape index (κ3) is 11.9. The molecular weight excluding hydrogens is 196 g/mol. The molecule has 8 N–H and O–H groups in total. The van der Waals surface area contributed by atoms with Gasteiger partial charge in [0.05, 0.1) is 0 Å². The molecule has 0 aromatic heterocycles. The van der Waals surface area contributed by atoms with Crippen LogP contribution in [0.5, 0.6) is 0 Å². The SMILES string of the molecule is NC(N)=N/N=C\CCC/C=N/N=C(N)N. The lowest BCUT2D eigenvalue weighted by Crippen LogP contribution is -2.21. The van der Waals surface area contributed by atoms with Crippen LogP contribution in [0, 0.1) is 0 Å². The van der Waals surface area contributed by atoms with Crippen molar-refractivity contribution in [2.24, 2.45) is 43.3 Å². The van der Waals surface area contributed by atoms with Crippen molar-refractivity contribution in [3.63, 3.8) is 0 Å². The van der Waals surface area contributed by atoms with Crippen molar-refractivity contribution in [2.75, 3.05) is 0 Å². The predicted octanol–water partition coefficient (Wildman–Crippen LogP) is -1.32. The number of hydrogen-bond acceptors (Lipinski definition) is 4. The smallest absolute Gasteiger partial charge is 0.211 e. The number of unbranched alkanes of at least 4 members (excludes halogenated alkanes) is 2. The van der Waals surface area contributed by atoms with Gasteiger partial charge in [-0.3, -0.25) is 0 Å². The van der Waals surface area contributed by atoms with Crippen molar-refractivity contribution in [1.82, 2.24) is 0 Å². The molecule has 0 saturated carbocycles. The van der Waals surface area contributed by atoms with Gasteiger partial charge >= 0.3 is 0 Å². The van der Waals surface area contributed by atoms with E-state index < -0.39 is 0 Å². The van der Waals surface area contributed by atoms with Gasteiger partial charge in [-0.05, 0) is 19.3 Å². The maximum absolute atomic E-state index is 5.06. The molecule has 0 rings (SSSR count). The highest BCUT2D eigenvalue weighted by atomic mass is 15.3. The Bertz CT molecular complexity index is 241. The lowest BCUT2D eigenvalue weighted by molar-refractivity contribution is 0.934. The highest BCUT2D eigenvalue weighted by molar-refractivity contribution is 5.76. The van der Waals surface area contributed by atoms with Gasteiger partial charge in [-0.25, -0.2) is 0 Å². The molecule has 0 heterocycles. The molecule has 0 amide bonds. The van der Waals surface area contributed by atoms with Crippen LogP contribution in [0.3, 0.4) is 0 Å². The molecule has 15 heavy (non-hydrogen) atoms. The number of nitrogens with zero attached hydrogens (tertiary/aromatic N) is 4. The van der Waals surface area contributed by atoms with E-state index in [1.807, 2.05) is 0 Å². The Balaban J connectivity index is 3.48. The van der Waals surface area contributed by atoms with Gasteiger partial charge < -0.3 is 22.9 Å². The molecule has 0 aliphatic heterocycles. The first kappa shape index (κ1) is 12.9. The zero-order valence-electron chi connectivity index (χ0n) is 8.37. The van der Waals surface area contributed by atoms with Crippen LogP contribution in [-0.2, 0) is 0 Å². The van der Waals surface area contributed by atoms with Crippen LogP contribution >= 0.6 is 0 Å². The summed E-state index contributed by atoms with van der Waals surface area (Å²) >= 11 is 0. The second-order valence-corrected chi connectivity index (χ2v) is 2.58. The second kappa shape index (κ2) is 8.48. The van der Waals surface area contributed by atoms with E-state index in [4.69, 9.17) is 22.9 Å². The summed E-state index contributed by atoms with van der Waals surface area (Å²) in [5.41, 5.74) is 20.2. The lowest BCUT2D eigenvalue weighted by Gasteiger charge is -1.88. The zero-order valence-corrected chi connectivity index (χ0v) is 8.37. The van der Waals surface area contributed by atoms with Gasteiger partial charge in [-0.15, -0.1) is 10.2 Å². The quantitative estimate of drug-likeness (QED) is 0.186. The molecule has 0 aliphatic carbocycles. The van der Waals surface area contributed by atoms with Gasteiger partial charge in [0.15, 0.2) is 0 Å². The monoisotopic (exact) mass is 212 g/mol. The minimum atomic E-state index is -0.0550. The Morgan fingerprint density at radius 2 is 1.20 bits per heavy atom. The number of guanidine groups is 2. The summed E-state index contributed by atoms with van der Waals surface area (Å²) in [7, 11) is 0. The molecule has 0 saturated heterocycles. The summed E-state index contributed by atoms with van der Waals surface area (Å²) in [6.07, 6.45) is 5.62. The number of hydrogen-bond donors (Lipinski definition) is 4. The third-order valence-electron chi connectivity index (χ3n) is 1.18. The van der Waals surface area contributed by atoms with Crippen LogP contribution in [0.2, 0.25) is 0 Å². The fourth-order valence-electron chi connectivity index (χ4n) is 0.631. The van der Waals surface area contributed by atoms with Crippen molar-refractivity contribution in [2.45, 2.75) is 19.3 Å². The molecule has 0 aromatic rings. The lowest BCUT2D eigenvalue weighted by atomic mass is 10.3. The minimum Gasteiger partial charge on any atom is -0.369 e. The molecule has 8 nitrogen and oxygen atoms in total. The molecular formula is C7H16N8. The molecule has 0 fully saturated rings. The summed E-state index contributed by atoms with van der Waals surface area (Å²) in [4.78, 5) is 0. The molecule has 0 radical (unpaired) electrons. The van der Waals surface area contributed by atoms with Crippen LogP contribution in [0.15, 0.2) is 20.4 Å². The molecule has 0 aliphatic rings. The van der Waals surface area contributed by atoms with E-state index >= 15 is 0 Å². The Labute approximate surface area is 87.8 Å². The summed E-state index contributed by atoms with van der Waals surface area (Å²) in [6, 6.07) is 0. The van der Waals surface area contributed by atoms with Crippen LogP contribution in [0.25, 0.3) is 0 Å². The van der Waals surface area contributed by atoms with E-state index in [1.54, 1.807) is 12.4 Å². The van der Waals surface area contributed by atoms with E-state index in [-0.39, 0.29) is 11.9 Å². The van der Waals surface area contributed by atoms with Crippen molar-refractivity contribution in [3.8, 4) is 0 Å². The van der Waals surface area contributed by atoms with Gasteiger partial charge in [0.25, 0.3) is 0 Å². The first-order valence-electron chi connectivity index (χ1n) is 4.33. The van der Waals surface area contributed by atoms with E-state index in [0.717, 1.165) is 19.3 Å². The van der Waals surface area contributed by atoms with Crippen LogP contribution in [-0.4, -0.2) is 24.3 Å². The van der Waals surface area contributed by atoms with Crippen molar-refractivity contribution in [1.29, 1.82) is 0 Å². The molecule has 84 valence electrons. The van der Waals surface area contributed by atoms with Gasteiger partial charge in [0.1, 0.15) is 0 Å². The minimum absolute atomic E-state index is 0.0550. The van der Waals surface area contributed by atoms with E-state index in [0.29, 0.717) is 0 Å². The molecule has 0 bridgehead atoms. The van der Waals surface area contributed by atoms with E-state index in [1.165, 1.54) is 0 Å². The van der Waals surface area contributed by atoms with E-state index in [9.17, 15) is 0 Å². The molecule has 0 aromatic carbocycles. The van der Waals surface area contributed by atoms with Crippen LogP contribution < -0.4 is 22.9 Å². The van der Waals surface area contributed by atoms with Crippen molar-refractivity contribution in [3.05, 3.63) is 0 Å². The van der Waals surface area contributed by atoms with Gasteiger partial charge in [-0.1, -0.05) is 0 Å². The standard InChI is InChI=1S/C7H16N8/c8-6(9)14-12-4-2-1-3-5-13-15-7(10)11/h4-5H,1-3H2,(H4,8,9,14)(H4,10,11,15)/b12-4-,13-5+. The first-order chi connectivity index (χ1) is 7.13. The molecule has 0 atom stereocenters. The second-order valence-electron chi connectivity index (χ2n) is 2.58. The summed E-state index contributed by atoms with van der Waals surface area (Å²) < 4.78 is 0. The summed E-state index contributed by atoms with van der Waals surface area (Å²) in [5, 5.41) is 14.1. The highest BCUT2D eigenvalue weighted by Gasteiger charge is 1.82. The van der Waals surface area contributed by atoms with Crippen LogP contribution in [0.4, 0.5) is 0 Å². The van der Waals surface area contributed by atoms with Crippen molar-refractivity contribution < 1.29 is 0 Å². The third-order valence-corrected chi connectivity index (χ3v) is 1.18. The first-order valence-corrected chi connectivity index (χ1v) is 4.33. The Kier molecular flexibility index (Phi) is 7.28. The fourth-order valence-corrected chi connectivity index (χ4v) is 0.631. The molecule has 0 spiro atoms. The van der Waals surface area contributed by atoms with Crippen molar-refractivity contribution >= 4 is 24.3 Å². The average Bonchev–Trinajstić information content (AvgIpc) is 2.14. The maximum Gasteiger partial charge on any atom is 0.211 e. The molecule has 0 unspecified atom stereocenters. The largest absolute Gasteiger partial charge is 0.369 e. The number of nitrogens with two attached hydrogens (primary N) is 4. The fraction of sp³-hybridized carbons (Fsp3) is 0.429. The normalized spacial score (nSPS) is 10.7. The van der Waals surface area contributed by atoms with Crippen LogP contribution in [0.1, 0.15) is 19.3 Å². The predicted molar refractivity (Wildman–Crippen MR) is 62.5 cm³/mol. The Morgan fingerprint density at radius 1 is 0.800 bits per heavy atom. The Morgan fingerprint density at radius 3 is 1.53 bits per heavy atom. The topological polar surface area (TPSA) is 154 Å². The highest BCUT2D eigenvalue weighted by Crippen LogP contribution is 1.90. The maximum atomic E-state index is 5.06. The Hall–Kier alpha value is -2.12. The number of rotatable bonds is 6.